The van der Waals surface area contributed by atoms with E-state index in [-0.39, 0.29) is 19.1 Å². The first-order chi connectivity index (χ1) is 8.08. The lowest BCUT2D eigenvalue weighted by atomic mass is 9.99. The lowest BCUT2D eigenvalue weighted by Gasteiger charge is -2.15. The molecule has 0 saturated heterocycles. The van der Waals surface area contributed by atoms with E-state index < -0.39 is 6.09 Å². The Morgan fingerprint density at radius 2 is 2.35 bits per heavy atom. The van der Waals surface area contributed by atoms with E-state index in [1.54, 1.807) is 12.3 Å². The van der Waals surface area contributed by atoms with Gasteiger partial charge in [-0.15, -0.1) is 0 Å². The Labute approximate surface area is 99.4 Å². The van der Waals surface area contributed by atoms with Crippen molar-refractivity contribution in [3.8, 4) is 5.88 Å². The number of rotatable bonds is 5. The molecule has 0 aliphatic carbocycles. The SMILES string of the molecule is COc1cc(CO)c(C(C)COC(N)=O)cn1. The largest absolute Gasteiger partial charge is 0.481 e. The number of aromatic nitrogens is 1. The molecule has 1 amide bonds. The van der Waals surface area contributed by atoms with Crippen LogP contribution in [0.1, 0.15) is 24.0 Å². The Morgan fingerprint density at radius 3 is 2.88 bits per heavy atom. The summed E-state index contributed by atoms with van der Waals surface area (Å²) in [6.07, 6.45) is 0.781. The highest BCUT2D eigenvalue weighted by molar-refractivity contribution is 5.64. The molecule has 0 radical (unpaired) electrons. The summed E-state index contributed by atoms with van der Waals surface area (Å²) in [5, 5.41) is 9.25. The molecule has 0 saturated carbocycles. The van der Waals surface area contributed by atoms with Crippen molar-refractivity contribution in [2.45, 2.75) is 19.4 Å². The molecule has 1 atom stereocenters. The number of hydrogen-bond donors (Lipinski definition) is 2. The van der Waals surface area contributed by atoms with Gasteiger partial charge in [-0.05, 0) is 11.1 Å². The van der Waals surface area contributed by atoms with Gasteiger partial charge >= 0.3 is 6.09 Å². The highest BCUT2D eigenvalue weighted by Gasteiger charge is 2.13. The van der Waals surface area contributed by atoms with Crippen molar-refractivity contribution in [3.63, 3.8) is 0 Å². The van der Waals surface area contributed by atoms with Crippen LogP contribution in [-0.4, -0.2) is 29.9 Å². The van der Waals surface area contributed by atoms with E-state index in [0.717, 1.165) is 5.56 Å². The van der Waals surface area contributed by atoms with E-state index in [4.69, 9.17) is 15.2 Å². The van der Waals surface area contributed by atoms with E-state index >= 15 is 0 Å². The summed E-state index contributed by atoms with van der Waals surface area (Å²) in [4.78, 5) is 14.6. The van der Waals surface area contributed by atoms with Crippen molar-refractivity contribution in [2.75, 3.05) is 13.7 Å². The van der Waals surface area contributed by atoms with Gasteiger partial charge < -0.3 is 20.3 Å². The Hall–Kier alpha value is -1.82. The van der Waals surface area contributed by atoms with Crippen LogP contribution in [0.25, 0.3) is 0 Å². The van der Waals surface area contributed by atoms with E-state index in [1.165, 1.54) is 7.11 Å². The predicted molar refractivity (Wildman–Crippen MR) is 60.7 cm³/mol. The van der Waals surface area contributed by atoms with Crippen LogP contribution in [-0.2, 0) is 11.3 Å². The third kappa shape index (κ3) is 3.60. The predicted octanol–water partition coefficient (Wildman–Crippen LogP) is 0.781. The molecule has 0 bridgehead atoms. The van der Waals surface area contributed by atoms with Crippen molar-refractivity contribution in [3.05, 3.63) is 23.4 Å². The van der Waals surface area contributed by atoms with Gasteiger partial charge in [-0.2, -0.15) is 0 Å². The Balaban J connectivity index is 2.84. The normalized spacial score (nSPS) is 11.9. The lowest BCUT2D eigenvalue weighted by Crippen LogP contribution is -2.17. The number of primary amides is 1. The number of carbonyl (C=O) groups excluding carboxylic acids is 1. The number of hydrogen-bond acceptors (Lipinski definition) is 5. The van der Waals surface area contributed by atoms with Crippen molar-refractivity contribution in [2.24, 2.45) is 5.73 Å². The summed E-state index contributed by atoms with van der Waals surface area (Å²) < 4.78 is 9.67. The molecule has 94 valence electrons. The molecule has 1 unspecified atom stereocenters. The molecular weight excluding hydrogens is 224 g/mol. The topological polar surface area (TPSA) is 94.7 Å². The number of carbonyl (C=O) groups is 1. The molecule has 1 aromatic rings. The average Bonchev–Trinajstić information content (AvgIpc) is 2.34. The number of aliphatic hydroxyl groups excluding tert-OH is 1. The Kier molecular flexibility index (Phi) is 4.71. The molecule has 6 heteroatoms. The van der Waals surface area contributed by atoms with Gasteiger partial charge in [-0.25, -0.2) is 9.78 Å². The molecule has 0 aliphatic heterocycles. The molecule has 6 nitrogen and oxygen atoms in total. The summed E-state index contributed by atoms with van der Waals surface area (Å²) in [7, 11) is 1.50. The van der Waals surface area contributed by atoms with Gasteiger partial charge in [-0.3, -0.25) is 0 Å². The summed E-state index contributed by atoms with van der Waals surface area (Å²) in [5.74, 6) is 0.337. The third-order valence-electron chi connectivity index (χ3n) is 2.39. The van der Waals surface area contributed by atoms with Gasteiger partial charge in [0.05, 0.1) is 20.3 Å². The number of methoxy groups -OCH3 is 1. The minimum Gasteiger partial charge on any atom is -0.481 e. The molecule has 0 aromatic carbocycles. The van der Waals surface area contributed by atoms with Crippen LogP contribution in [0.4, 0.5) is 4.79 Å². The Morgan fingerprint density at radius 1 is 1.65 bits per heavy atom. The quantitative estimate of drug-likeness (QED) is 0.793. The minimum absolute atomic E-state index is 0.0944. The first-order valence-electron chi connectivity index (χ1n) is 5.14. The van der Waals surface area contributed by atoms with Crippen LogP contribution >= 0.6 is 0 Å². The summed E-state index contributed by atoms with van der Waals surface area (Å²) >= 11 is 0. The maximum absolute atomic E-state index is 10.5. The van der Waals surface area contributed by atoms with Crippen LogP contribution in [0.15, 0.2) is 12.3 Å². The van der Waals surface area contributed by atoms with Crippen molar-refractivity contribution >= 4 is 6.09 Å². The molecule has 1 heterocycles. The molecule has 0 fully saturated rings. The minimum atomic E-state index is -0.816. The summed E-state index contributed by atoms with van der Waals surface area (Å²) in [5.41, 5.74) is 6.38. The highest BCUT2D eigenvalue weighted by Crippen LogP contribution is 2.22. The standard InChI is InChI=1S/C11H16N2O4/c1-7(6-17-11(12)15)9-4-13-10(16-2)3-8(9)5-14/h3-4,7,14H,5-6H2,1-2H3,(H2,12,15). The van der Waals surface area contributed by atoms with E-state index in [9.17, 15) is 9.90 Å². The second-order valence-electron chi connectivity index (χ2n) is 3.61. The molecule has 1 rings (SSSR count). The summed E-state index contributed by atoms with van der Waals surface area (Å²) in [6, 6.07) is 1.65. The molecule has 0 spiro atoms. The fraction of sp³-hybridized carbons (Fsp3) is 0.455. The molecule has 3 N–H and O–H groups in total. The van der Waals surface area contributed by atoms with Crippen LogP contribution in [0.3, 0.4) is 0 Å². The van der Waals surface area contributed by atoms with E-state index in [2.05, 4.69) is 4.98 Å². The number of nitrogens with zero attached hydrogens (tertiary/aromatic N) is 1. The number of pyridine rings is 1. The fourth-order valence-corrected chi connectivity index (χ4v) is 1.47. The molecule has 1 aromatic heterocycles. The zero-order valence-corrected chi connectivity index (χ0v) is 9.84. The molecule has 0 aliphatic rings. The van der Waals surface area contributed by atoms with Gasteiger partial charge in [0.15, 0.2) is 0 Å². The number of nitrogens with two attached hydrogens (primary N) is 1. The van der Waals surface area contributed by atoms with Gasteiger partial charge in [0.2, 0.25) is 5.88 Å². The maximum atomic E-state index is 10.5. The van der Waals surface area contributed by atoms with E-state index in [0.29, 0.717) is 11.4 Å². The smallest absolute Gasteiger partial charge is 0.404 e. The first kappa shape index (κ1) is 13.2. The van der Waals surface area contributed by atoms with Gasteiger partial charge in [0.1, 0.15) is 0 Å². The first-order valence-corrected chi connectivity index (χ1v) is 5.14. The third-order valence-corrected chi connectivity index (χ3v) is 2.39. The lowest BCUT2D eigenvalue weighted by molar-refractivity contribution is 0.150. The fourth-order valence-electron chi connectivity index (χ4n) is 1.47. The van der Waals surface area contributed by atoms with Crippen LogP contribution in [0.5, 0.6) is 5.88 Å². The van der Waals surface area contributed by atoms with Crippen LogP contribution in [0.2, 0.25) is 0 Å². The zero-order valence-electron chi connectivity index (χ0n) is 9.84. The maximum Gasteiger partial charge on any atom is 0.404 e. The molecule has 17 heavy (non-hydrogen) atoms. The van der Waals surface area contributed by atoms with E-state index in [1.807, 2.05) is 6.92 Å². The average molecular weight is 240 g/mol. The van der Waals surface area contributed by atoms with Gasteiger partial charge in [0.25, 0.3) is 0 Å². The Bertz CT molecular complexity index is 395. The number of aliphatic hydroxyl groups is 1. The molecular formula is C11H16N2O4. The summed E-state index contributed by atoms with van der Waals surface area (Å²) in [6.45, 7) is 1.87. The van der Waals surface area contributed by atoms with Crippen LogP contribution in [0, 0.1) is 0 Å². The van der Waals surface area contributed by atoms with Crippen molar-refractivity contribution in [1.82, 2.24) is 4.98 Å². The van der Waals surface area contributed by atoms with Gasteiger partial charge in [-0.1, -0.05) is 6.92 Å². The zero-order chi connectivity index (χ0) is 12.8. The second kappa shape index (κ2) is 6.05. The second-order valence-corrected chi connectivity index (χ2v) is 3.61. The number of ether oxygens (including phenoxy) is 2. The highest BCUT2D eigenvalue weighted by atomic mass is 16.5. The monoisotopic (exact) mass is 240 g/mol. The van der Waals surface area contributed by atoms with Crippen LogP contribution < -0.4 is 10.5 Å². The van der Waals surface area contributed by atoms with Crippen molar-refractivity contribution in [1.29, 1.82) is 0 Å². The van der Waals surface area contributed by atoms with Gasteiger partial charge in [0, 0.05) is 18.2 Å². The van der Waals surface area contributed by atoms with Crippen molar-refractivity contribution < 1.29 is 19.4 Å². The number of amides is 1.